The first-order chi connectivity index (χ1) is 9.78. The average Bonchev–Trinajstić information content (AvgIpc) is 2.97. The molecule has 0 aliphatic heterocycles. The maximum atomic E-state index is 4.37. The second-order valence-electron chi connectivity index (χ2n) is 4.82. The van der Waals surface area contributed by atoms with Gasteiger partial charge in [-0.25, -0.2) is 9.97 Å². The zero-order valence-corrected chi connectivity index (χ0v) is 12.4. The van der Waals surface area contributed by atoms with Gasteiger partial charge in [0.2, 0.25) is 0 Å². The summed E-state index contributed by atoms with van der Waals surface area (Å²) in [4.78, 5) is 8.63. The Hall–Kier alpha value is -1.94. The van der Waals surface area contributed by atoms with Gasteiger partial charge in [0, 0.05) is 6.04 Å². The van der Waals surface area contributed by atoms with E-state index in [1.165, 1.54) is 11.1 Å². The van der Waals surface area contributed by atoms with Gasteiger partial charge in [-0.05, 0) is 35.9 Å². The standard InChI is InChI=1S/C16H17N3S/c1-3-12-4-6-13(7-5-12)11(2)19-16-15-14(8-9-20-15)17-10-18-16/h4-11H,3H2,1-2H3,(H,17,18,19). The van der Waals surface area contributed by atoms with E-state index in [0.29, 0.717) is 0 Å². The van der Waals surface area contributed by atoms with Gasteiger partial charge in [0.05, 0.1) is 10.2 Å². The molecule has 4 heteroatoms. The third-order valence-corrected chi connectivity index (χ3v) is 4.39. The Morgan fingerprint density at radius 3 is 2.70 bits per heavy atom. The number of hydrogen-bond acceptors (Lipinski definition) is 4. The van der Waals surface area contributed by atoms with Gasteiger partial charge in [0.25, 0.3) is 0 Å². The molecular weight excluding hydrogens is 266 g/mol. The summed E-state index contributed by atoms with van der Waals surface area (Å²) in [5.41, 5.74) is 3.63. The molecule has 2 aromatic heterocycles. The normalized spacial score (nSPS) is 12.5. The first-order valence-corrected chi connectivity index (χ1v) is 7.69. The minimum absolute atomic E-state index is 0.223. The number of anilines is 1. The number of nitrogens with one attached hydrogen (secondary N) is 1. The monoisotopic (exact) mass is 283 g/mol. The zero-order valence-electron chi connectivity index (χ0n) is 11.6. The molecule has 0 spiro atoms. The molecule has 3 nitrogen and oxygen atoms in total. The van der Waals surface area contributed by atoms with Crippen LogP contribution in [-0.2, 0) is 6.42 Å². The molecule has 3 aromatic rings. The van der Waals surface area contributed by atoms with Crippen molar-refractivity contribution < 1.29 is 0 Å². The van der Waals surface area contributed by atoms with Crippen molar-refractivity contribution in [2.24, 2.45) is 0 Å². The fourth-order valence-electron chi connectivity index (χ4n) is 2.22. The largest absolute Gasteiger partial charge is 0.362 e. The van der Waals surface area contributed by atoms with Gasteiger partial charge >= 0.3 is 0 Å². The van der Waals surface area contributed by atoms with Crippen molar-refractivity contribution in [1.29, 1.82) is 0 Å². The van der Waals surface area contributed by atoms with Crippen LogP contribution in [0.2, 0.25) is 0 Å². The lowest BCUT2D eigenvalue weighted by molar-refractivity contribution is 0.874. The Morgan fingerprint density at radius 2 is 1.95 bits per heavy atom. The number of benzene rings is 1. The number of aryl methyl sites for hydroxylation is 1. The van der Waals surface area contributed by atoms with E-state index in [9.17, 15) is 0 Å². The van der Waals surface area contributed by atoms with Crippen LogP contribution in [0.15, 0.2) is 42.0 Å². The van der Waals surface area contributed by atoms with E-state index >= 15 is 0 Å². The van der Waals surface area contributed by atoms with E-state index in [1.54, 1.807) is 17.7 Å². The van der Waals surface area contributed by atoms with Crippen molar-refractivity contribution in [1.82, 2.24) is 9.97 Å². The van der Waals surface area contributed by atoms with Crippen molar-refractivity contribution in [3.8, 4) is 0 Å². The maximum Gasteiger partial charge on any atom is 0.147 e. The molecule has 0 saturated carbocycles. The molecule has 102 valence electrons. The molecule has 3 rings (SSSR count). The smallest absolute Gasteiger partial charge is 0.147 e. The molecule has 2 heterocycles. The van der Waals surface area contributed by atoms with E-state index in [1.807, 2.05) is 11.4 Å². The second kappa shape index (κ2) is 5.59. The quantitative estimate of drug-likeness (QED) is 0.770. The fraction of sp³-hybridized carbons (Fsp3) is 0.250. The second-order valence-corrected chi connectivity index (χ2v) is 5.73. The van der Waals surface area contributed by atoms with Crippen LogP contribution in [-0.4, -0.2) is 9.97 Å². The first kappa shape index (κ1) is 13.1. The number of fused-ring (bicyclic) bond motifs is 1. The molecular formula is C16H17N3S. The summed E-state index contributed by atoms with van der Waals surface area (Å²) < 4.78 is 1.12. The number of nitrogens with zero attached hydrogens (tertiary/aromatic N) is 2. The Kier molecular flexibility index (Phi) is 3.65. The van der Waals surface area contributed by atoms with E-state index < -0.39 is 0 Å². The van der Waals surface area contributed by atoms with Gasteiger partial charge in [0.15, 0.2) is 0 Å². The van der Waals surface area contributed by atoms with Gasteiger partial charge in [-0.15, -0.1) is 11.3 Å². The van der Waals surface area contributed by atoms with Crippen LogP contribution in [0, 0.1) is 0 Å². The Labute approximate surface area is 122 Å². The average molecular weight is 283 g/mol. The number of rotatable bonds is 4. The van der Waals surface area contributed by atoms with Gasteiger partial charge in [-0.3, -0.25) is 0 Å². The third kappa shape index (κ3) is 2.51. The molecule has 1 unspecified atom stereocenters. The minimum Gasteiger partial charge on any atom is -0.362 e. The van der Waals surface area contributed by atoms with Crippen LogP contribution < -0.4 is 5.32 Å². The molecule has 0 aliphatic rings. The van der Waals surface area contributed by atoms with Gasteiger partial charge < -0.3 is 5.32 Å². The molecule has 0 bridgehead atoms. The van der Waals surface area contributed by atoms with Crippen molar-refractivity contribution in [3.63, 3.8) is 0 Å². The highest BCUT2D eigenvalue weighted by Gasteiger charge is 2.10. The summed E-state index contributed by atoms with van der Waals surface area (Å²) in [6.45, 7) is 4.33. The molecule has 0 saturated heterocycles. The molecule has 0 fully saturated rings. The molecule has 1 aromatic carbocycles. The van der Waals surface area contributed by atoms with Crippen molar-refractivity contribution in [3.05, 3.63) is 53.2 Å². The zero-order chi connectivity index (χ0) is 13.9. The van der Waals surface area contributed by atoms with Crippen molar-refractivity contribution in [2.45, 2.75) is 26.3 Å². The Balaban J connectivity index is 1.84. The lowest BCUT2D eigenvalue weighted by atomic mass is 10.1. The van der Waals surface area contributed by atoms with Crippen LogP contribution in [0.5, 0.6) is 0 Å². The summed E-state index contributed by atoms with van der Waals surface area (Å²) in [5.74, 6) is 0.914. The third-order valence-electron chi connectivity index (χ3n) is 3.48. The molecule has 0 aliphatic carbocycles. The highest BCUT2D eigenvalue weighted by Crippen LogP contribution is 2.27. The molecule has 1 N–H and O–H groups in total. The summed E-state index contributed by atoms with van der Waals surface area (Å²) in [6.07, 6.45) is 2.69. The van der Waals surface area contributed by atoms with Crippen LogP contribution in [0.25, 0.3) is 10.2 Å². The van der Waals surface area contributed by atoms with Crippen LogP contribution in [0.3, 0.4) is 0 Å². The number of thiophene rings is 1. The lowest BCUT2D eigenvalue weighted by Gasteiger charge is -2.15. The summed E-state index contributed by atoms with van der Waals surface area (Å²) in [6, 6.07) is 11.0. The molecule has 0 radical (unpaired) electrons. The number of aromatic nitrogens is 2. The van der Waals surface area contributed by atoms with Gasteiger partial charge in [0.1, 0.15) is 12.1 Å². The molecule has 1 atom stereocenters. The van der Waals surface area contributed by atoms with E-state index in [-0.39, 0.29) is 6.04 Å². The van der Waals surface area contributed by atoms with Crippen LogP contribution in [0.4, 0.5) is 5.82 Å². The van der Waals surface area contributed by atoms with Gasteiger partial charge in [-0.2, -0.15) is 0 Å². The van der Waals surface area contributed by atoms with E-state index in [4.69, 9.17) is 0 Å². The molecule has 20 heavy (non-hydrogen) atoms. The number of hydrogen-bond donors (Lipinski definition) is 1. The fourth-order valence-corrected chi connectivity index (χ4v) is 3.02. The highest BCUT2D eigenvalue weighted by atomic mass is 32.1. The van der Waals surface area contributed by atoms with E-state index in [0.717, 1.165) is 22.5 Å². The predicted molar refractivity (Wildman–Crippen MR) is 85.3 cm³/mol. The predicted octanol–water partition coefficient (Wildman–Crippen LogP) is 4.43. The maximum absolute atomic E-state index is 4.37. The minimum atomic E-state index is 0.223. The van der Waals surface area contributed by atoms with Crippen molar-refractivity contribution in [2.75, 3.05) is 5.32 Å². The first-order valence-electron chi connectivity index (χ1n) is 6.81. The van der Waals surface area contributed by atoms with Crippen molar-refractivity contribution >= 4 is 27.4 Å². The summed E-state index contributed by atoms with van der Waals surface area (Å²) in [7, 11) is 0. The Bertz CT molecular complexity index is 703. The topological polar surface area (TPSA) is 37.8 Å². The van der Waals surface area contributed by atoms with Gasteiger partial charge in [-0.1, -0.05) is 31.2 Å². The summed E-state index contributed by atoms with van der Waals surface area (Å²) >= 11 is 1.67. The summed E-state index contributed by atoms with van der Waals surface area (Å²) in [5, 5.41) is 5.53. The molecule has 0 amide bonds. The lowest BCUT2D eigenvalue weighted by Crippen LogP contribution is -2.08. The SMILES string of the molecule is CCc1ccc(C(C)Nc2ncnc3ccsc23)cc1. The van der Waals surface area contributed by atoms with Crippen LogP contribution in [0.1, 0.15) is 31.0 Å². The Morgan fingerprint density at radius 1 is 1.15 bits per heavy atom. The van der Waals surface area contributed by atoms with Crippen LogP contribution >= 0.6 is 11.3 Å². The highest BCUT2D eigenvalue weighted by molar-refractivity contribution is 7.17. The van der Waals surface area contributed by atoms with E-state index in [2.05, 4.69) is 53.4 Å².